The fourth-order valence-electron chi connectivity index (χ4n) is 2.20. The summed E-state index contributed by atoms with van der Waals surface area (Å²) < 4.78 is 19.5. The quantitative estimate of drug-likeness (QED) is 0.695. The van der Waals surface area contributed by atoms with E-state index < -0.39 is 5.97 Å². The highest BCUT2D eigenvalue weighted by Crippen LogP contribution is 2.14. The number of nitrogens with zero attached hydrogens (tertiary/aromatic N) is 2. The summed E-state index contributed by atoms with van der Waals surface area (Å²) in [4.78, 5) is 15.9. The lowest BCUT2D eigenvalue weighted by Crippen LogP contribution is -2.04. The summed E-state index contributed by atoms with van der Waals surface area (Å²) in [6.45, 7) is 0. The highest BCUT2D eigenvalue weighted by Gasteiger charge is 2.10. The van der Waals surface area contributed by atoms with Gasteiger partial charge in [0.05, 0.1) is 24.4 Å². The maximum atomic E-state index is 12.9. The van der Waals surface area contributed by atoms with Crippen LogP contribution in [0.5, 0.6) is 0 Å². The number of aromatic nitrogens is 2. The van der Waals surface area contributed by atoms with Crippen molar-refractivity contribution >= 4 is 11.5 Å². The van der Waals surface area contributed by atoms with Gasteiger partial charge in [-0.05, 0) is 29.8 Å². The van der Waals surface area contributed by atoms with Gasteiger partial charge in [-0.1, -0.05) is 12.1 Å². The topological polar surface area (TPSA) is 43.6 Å². The molecule has 0 fully saturated rings. The van der Waals surface area contributed by atoms with Gasteiger partial charge in [0.2, 0.25) is 0 Å². The molecule has 0 aliphatic carbocycles. The average Bonchev–Trinajstić information content (AvgIpc) is 2.91. The maximum Gasteiger partial charge on any atom is 0.339 e. The molecular weight excluding hydrogens is 271 g/mol. The minimum absolute atomic E-state index is 0.264. The molecule has 3 aromatic rings. The minimum Gasteiger partial charge on any atom is -0.465 e. The minimum atomic E-state index is -0.390. The third kappa shape index (κ3) is 2.63. The monoisotopic (exact) mass is 284 g/mol. The molecule has 0 saturated heterocycles. The number of methoxy groups -OCH3 is 1. The Hall–Kier alpha value is -2.69. The normalized spacial score (nSPS) is 10.8. The molecule has 0 atom stereocenters. The molecule has 0 aliphatic heterocycles. The lowest BCUT2D eigenvalue weighted by molar-refractivity contribution is 0.0600. The van der Waals surface area contributed by atoms with Crippen LogP contribution >= 0.6 is 0 Å². The van der Waals surface area contributed by atoms with Gasteiger partial charge in [-0.25, -0.2) is 14.2 Å². The van der Waals surface area contributed by atoms with Gasteiger partial charge in [0.1, 0.15) is 11.6 Å². The van der Waals surface area contributed by atoms with E-state index in [0.717, 1.165) is 16.9 Å². The van der Waals surface area contributed by atoms with Crippen molar-refractivity contribution in [3.8, 4) is 0 Å². The molecule has 2 aromatic heterocycles. The molecule has 2 heterocycles. The van der Waals surface area contributed by atoms with Gasteiger partial charge < -0.3 is 9.14 Å². The van der Waals surface area contributed by atoms with Gasteiger partial charge in [0.25, 0.3) is 0 Å². The molecular formula is C16H13FN2O2. The van der Waals surface area contributed by atoms with Gasteiger partial charge in [-0.3, -0.25) is 0 Å². The SMILES string of the molecule is COC(=O)c1ccc2cnc(Cc3ccc(F)cc3)n2c1. The molecule has 5 heteroatoms. The van der Waals surface area contributed by atoms with Gasteiger partial charge in [-0.15, -0.1) is 0 Å². The number of ether oxygens (including phenoxy) is 1. The van der Waals surface area contributed by atoms with Crippen molar-refractivity contribution in [3.05, 3.63) is 71.6 Å². The van der Waals surface area contributed by atoms with Crippen molar-refractivity contribution in [3.63, 3.8) is 0 Å². The first kappa shape index (κ1) is 13.3. The van der Waals surface area contributed by atoms with Gasteiger partial charge in [-0.2, -0.15) is 0 Å². The number of benzene rings is 1. The molecule has 3 rings (SSSR count). The number of hydrogen-bond donors (Lipinski definition) is 0. The number of rotatable bonds is 3. The Kier molecular flexibility index (Phi) is 3.39. The summed E-state index contributed by atoms with van der Waals surface area (Å²) in [6.07, 6.45) is 3.99. The predicted molar refractivity (Wildman–Crippen MR) is 75.7 cm³/mol. The van der Waals surface area contributed by atoms with Crippen molar-refractivity contribution in [1.29, 1.82) is 0 Å². The fourth-order valence-corrected chi connectivity index (χ4v) is 2.20. The Morgan fingerprint density at radius 2 is 2.00 bits per heavy atom. The van der Waals surface area contributed by atoms with Crippen molar-refractivity contribution in [2.45, 2.75) is 6.42 Å². The summed E-state index contributed by atoms with van der Waals surface area (Å²) in [5, 5.41) is 0. The number of halogens is 1. The number of carbonyl (C=O) groups is 1. The molecule has 106 valence electrons. The summed E-state index contributed by atoms with van der Waals surface area (Å²) in [6, 6.07) is 9.80. The van der Waals surface area contributed by atoms with E-state index in [9.17, 15) is 9.18 Å². The average molecular weight is 284 g/mol. The number of esters is 1. The molecule has 21 heavy (non-hydrogen) atoms. The van der Waals surface area contributed by atoms with Gasteiger partial charge in [0, 0.05) is 12.6 Å². The maximum absolute atomic E-state index is 12.9. The summed E-state index contributed by atoms with van der Waals surface area (Å²) in [5.41, 5.74) is 2.30. The standard InChI is InChI=1S/C16H13FN2O2/c1-21-16(20)12-4-7-14-9-18-15(19(14)10-12)8-11-2-5-13(17)6-3-11/h2-7,9-10H,8H2,1H3. The van der Waals surface area contributed by atoms with E-state index in [2.05, 4.69) is 4.98 Å². The Bertz CT molecular complexity index is 794. The van der Waals surface area contributed by atoms with Crippen molar-refractivity contribution in [2.24, 2.45) is 0 Å². The lowest BCUT2D eigenvalue weighted by Gasteiger charge is -2.04. The molecule has 0 aliphatic rings. The van der Waals surface area contributed by atoms with Crippen LogP contribution in [0.25, 0.3) is 5.52 Å². The molecule has 0 unspecified atom stereocenters. The van der Waals surface area contributed by atoms with Crippen LogP contribution in [0, 0.1) is 5.82 Å². The zero-order chi connectivity index (χ0) is 14.8. The Balaban J connectivity index is 1.98. The summed E-state index contributed by atoms with van der Waals surface area (Å²) in [7, 11) is 1.35. The number of fused-ring (bicyclic) bond motifs is 1. The first-order chi connectivity index (χ1) is 10.2. The van der Waals surface area contributed by atoms with Gasteiger partial charge >= 0.3 is 5.97 Å². The Morgan fingerprint density at radius 1 is 1.24 bits per heavy atom. The van der Waals surface area contributed by atoms with Crippen LogP contribution in [0.3, 0.4) is 0 Å². The highest BCUT2D eigenvalue weighted by molar-refractivity contribution is 5.89. The molecule has 0 amide bonds. The molecule has 0 bridgehead atoms. The number of carbonyl (C=O) groups excluding carboxylic acids is 1. The molecule has 1 aromatic carbocycles. The van der Waals surface area contributed by atoms with Crippen molar-refractivity contribution < 1.29 is 13.9 Å². The second kappa shape index (κ2) is 5.36. The van der Waals surface area contributed by atoms with Crippen LogP contribution in [0.1, 0.15) is 21.7 Å². The van der Waals surface area contributed by atoms with E-state index >= 15 is 0 Å². The number of hydrogen-bond acceptors (Lipinski definition) is 3. The Labute approximate surface area is 120 Å². The van der Waals surface area contributed by atoms with E-state index in [4.69, 9.17) is 4.74 Å². The van der Waals surface area contributed by atoms with Crippen LogP contribution in [-0.2, 0) is 11.2 Å². The molecule has 4 nitrogen and oxygen atoms in total. The molecule has 0 saturated carbocycles. The van der Waals surface area contributed by atoms with Gasteiger partial charge in [0.15, 0.2) is 0 Å². The molecule has 0 radical (unpaired) electrons. The molecule has 0 spiro atoms. The molecule has 0 N–H and O–H groups in total. The summed E-state index contributed by atoms with van der Waals surface area (Å²) >= 11 is 0. The van der Waals surface area contributed by atoms with E-state index in [1.54, 1.807) is 30.6 Å². The van der Waals surface area contributed by atoms with Crippen LogP contribution < -0.4 is 0 Å². The lowest BCUT2D eigenvalue weighted by atomic mass is 10.1. The number of pyridine rings is 1. The fraction of sp³-hybridized carbons (Fsp3) is 0.125. The highest BCUT2D eigenvalue weighted by atomic mass is 19.1. The zero-order valence-corrected chi connectivity index (χ0v) is 11.4. The largest absolute Gasteiger partial charge is 0.465 e. The van der Waals surface area contributed by atoms with Crippen LogP contribution in [0.15, 0.2) is 48.8 Å². The predicted octanol–water partition coefficient (Wildman–Crippen LogP) is 2.85. The first-order valence-electron chi connectivity index (χ1n) is 6.46. The zero-order valence-electron chi connectivity index (χ0n) is 11.4. The van der Waals surface area contributed by atoms with E-state index in [0.29, 0.717) is 12.0 Å². The van der Waals surface area contributed by atoms with Crippen LogP contribution in [0.4, 0.5) is 4.39 Å². The third-order valence-electron chi connectivity index (χ3n) is 3.30. The van der Waals surface area contributed by atoms with Crippen molar-refractivity contribution in [1.82, 2.24) is 9.38 Å². The summed E-state index contributed by atoms with van der Waals surface area (Å²) in [5.74, 6) is 0.125. The second-order valence-electron chi connectivity index (χ2n) is 4.68. The number of imidazole rings is 1. The van der Waals surface area contributed by atoms with Crippen molar-refractivity contribution in [2.75, 3.05) is 7.11 Å². The smallest absolute Gasteiger partial charge is 0.339 e. The van der Waals surface area contributed by atoms with E-state index in [1.165, 1.54) is 19.2 Å². The first-order valence-corrected chi connectivity index (χ1v) is 6.46. The van der Waals surface area contributed by atoms with Crippen LogP contribution in [0.2, 0.25) is 0 Å². The van der Waals surface area contributed by atoms with E-state index in [1.807, 2.05) is 10.5 Å². The Morgan fingerprint density at radius 3 is 2.71 bits per heavy atom. The van der Waals surface area contributed by atoms with E-state index in [-0.39, 0.29) is 5.82 Å². The third-order valence-corrected chi connectivity index (χ3v) is 3.30. The second-order valence-corrected chi connectivity index (χ2v) is 4.68. The van der Waals surface area contributed by atoms with Crippen LogP contribution in [-0.4, -0.2) is 22.5 Å².